The fourth-order valence-corrected chi connectivity index (χ4v) is 2.23. The first-order valence-corrected chi connectivity index (χ1v) is 5.79. The topological polar surface area (TPSA) is 43.8 Å². The second-order valence-corrected chi connectivity index (χ2v) is 4.40. The van der Waals surface area contributed by atoms with Crippen LogP contribution in [0.1, 0.15) is 5.56 Å². The Hall–Kier alpha value is -1.49. The van der Waals surface area contributed by atoms with E-state index in [4.69, 9.17) is 5.73 Å². The van der Waals surface area contributed by atoms with Crippen molar-refractivity contribution in [3.8, 4) is 0 Å². The third-order valence-electron chi connectivity index (χ3n) is 2.21. The highest BCUT2D eigenvalue weighted by atomic mass is 32.2. The fraction of sp³-hybridized carbons (Fsp3) is 0.182. The number of aryl methyl sites for hydroxylation is 1. The highest BCUT2D eigenvalue weighted by Crippen LogP contribution is 2.23. The Morgan fingerprint density at radius 3 is 2.94 bits per heavy atom. The van der Waals surface area contributed by atoms with Gasteiger partial charge in [-0.15, -0.1) is 0 Å². The molecule has 0 amide bonds. The van der Waals surface area contributed by atoms with Crippen molar-refractivity contribution in [2.24, 2.45) is 7.05 Å². The standard InChI is InChI=1S/C11H12FN3S/c1-15-5-4-14-11(15)16-7-8-2-3-9(13)6-10(8)12/h2-6H,7,13H2,1H3. The molecule has 1 aromatic heterocycles. The molecule has 0 fully saturated rings. The van der Waals surface area contributed by atoms with Crippen LogP contribution in [-0.4, -0.2) is 9.55 Å². The van der Waals surface area contributed by atoms with E-state index in [-0.39, 0.29) is 5.82 Å². The van der Waals surface area contributed by atoms with Crippen molar-refractivity contribution in [3.63, 3.8) is 0 Å². The van der Waals surface area contributed by atoms with Crippen LogP contribution in [0.15, 0.2) is 35.7 Å². The van der Waals surface area contributed by atoms with Gasteiger partial charge in [0, 0.05) is 30.9 Å². The maximum Gasteiger partial charge on any atom is 0.167 e. The Bertz CT molecular complexity index is 496. The number of thioether (sulfide) groups is 1. The van der Waals surface area contributed by atoms with Crippen LogP contribution in [0.5, 0.6) is 0 Å². The van der Waals surface area contributed by atoms with E-state index in [9.17, 15) is 4.39 Å². The summed E-state index contributed by atoms with van der Waals surface area (Å²) in [7, 11) is 1.91. The van der Waals surface area contributed by atoms with Gasteiger partial charge in [-0.25, -0.2) is 9.37 Å². The van der Waals surface area contributed by atoms with Gasteiger partial charge >= 0.3 is 0 Å². The van der Waals surface area contributed by atoms with Crippen LogP contribution in [0.4, 0.5) is 10.1 Å². The molecule has 0 spiro atoms. The van der Waals surface area contributed by atoms with Crippen LogP contribution in [0, 0.1) is 5.82 Å². The summed E-state index contributed by atoms with van der Waals surface area (Å²) < 4.78 is 15.4. The van der Waals surface area contributed by atoms with Crippen molar-refractivity contribution in [1.82, 2.24) is 9.55 Å². The summed E-state index contributed by atoms with van der Waals surface area (Å²) in [6.07, 6.45) is 3.59. The molecule has 16 heavy (non-hydrogen) atoms. The van der Waals surface area contributed by atoms with Crippen molar-refractivity contribution in [2.45, 2.75) is 10.9 Å². The molecule has 0 aliphatic carbocycles. The number of nitrogens with two attached hydrogens (primary N) is 1. The van der Waals surface area contributed by atoms with Gasteiger partial charge in [-0.2, -0.15) is 0 Å². The number of benzene rings is 1. The van der Waals surface area contributed by atoms with Crippen LogP contribution in [0.2, 0.25) is 0 Å². The highest BCUT2D eigenvalue weighted by Gasteiger charge is 2.05. The molecule has 0 radical (unpaired) electrons. The first-order chi connectivity index (χ1) is 7.66. The molecule has 2 aromatic rings. The summed E-state index contributed by atoms with van der Waals surface area (Å²) in [5, 5.41) is 0.872. The smallest absolute Gasteiger partial charge is 0.167 e. The van der Waals surface area contributed by atoms with Crippen molar-refractivity contribution < 1.29 is 4.39 Å². The number of imidazole rings is 1. The number of nitrogen functional groups attached to an aromatic ring is 1. The van der Waals surface area contributed by atoms with Crippen molar-refractivity contribution in [3.05, 3.63) is 42.0 Å². The van der Waals surface area contributed by atoms with E-state index in [1.807, 2.05) is 17.8 Å². The number of rotatable bonds is 3. The summed E-state index contributed by atoms with van der Waals surface area (Å²) in [6, 6.07) is 4.76. The highest BCUT2D eigenvalue weighted by molar-refractivity contribution is 7.98. The third-order valence-corrected chi connectivity index (χ3v) is 3.32. The summed E-state index contributed by atoms with van der Waals surface area (Å²) in [5.74, 6) is 0.290. The Kier molecular flexibility index (Phi) is 3.14. The van der Waals surface area contributed by atoms with Gasteiger partial charge in [0.25, 0.3) is 0 Å². The lowest BCUT2D eigenvalue weighted by Crippen LogP contribution is -1.93. The van der Waals surface area contributed by atoms with Crippen molar-refractivity contribution >= 4 is 17.4 Å². The summed E-state index contributed by atoms with van der Waals surface area (Å²) >= 11 is 1.50. The SMILES string of the molecule is Cn1ccnc1SCc1ccc(N)cc1F. The quantitative estimate of drug-likeness (QED) is 0.658. The molecular weight excluding hydrogens is 225 g/mol. The molecule has 1 heterocycles. The zero-order valence-corrected chi connectivity index (χ0v) is 9.67. The molecule has 2 rings (SSSR count). The zero-order chi connectivity index (χ0) is 11.5. The second-order valence-electron chi connectivity index (χ2n) is 3.46. The summed E-state index contributed by atoms with van der Waals surface area (Å²) in [4.78, 5) is 4.16. The molecule has 84 valence electrons. The van der Waals surface area contributed by atoms with Gasteiger partial charge in [-0.1, -0.05) is 17.8 Å². The number of aromatic nitrogens is 2. The van der Waals surface area contributed by atoms with E-state index in [0.717, 1.165) is 5.16 Å². The summed E-state index contributed by atoms with van der Waals surface area (Å²) in [6.45, 7) is 0. The largest absolute Gasteiger partial charge is 0.399 e. The molecule has 0 aliphatic rings. The minimum atomic E-state index is -0.262. The predicted molar refractivity (Wildman–Crippen MR) is 63.6 cm³/mol. The van der Waals surface area contributed by atoms with E-state index in [1.54, 1.807) is 18.3 Å². The van der Waals surface area contributed by atoms with E-state index < -0.39 is 0 Å². The normalized spacial score (nSPS) is 10.6. The number of hydrogen-bond acceptors (Lipinski definition) is 3. The Labute approximate surface area is 97.5 Å². The number of hydrogen-bond donors (Lipinski definition) is 1. The lowest BCUT2D eigenvalue weighted by atomic mass is 10.2. The van der Waals surface area contributed by atoms with Crippen LogP contribution >= 0.6 is 11.8 Å². The Morgan fingerprint density at radius 2 is 2.31 bits per heavy atom. The second kappa shape index (κ2) is 4.57. The lowest BCUT2D eigenvalue weighted by Gasteiger charge is -2.04. The molecule has 0 unspecified atom stereocenters. The van der Waals surface area contributed by atoms with Gasteiger partial charge in [-0.05, 0) is 17.7 Å². The molecule has 3 nitrogen and oxygen atoms in total. The van der Waals surface area contributed by atoms with Crippen LogP contribution < -0.4 is 5.73 Å². The third kappa shape index (κ3) is 2.36. The number of anilines is 1. The minimum absolute atomic E-state index is 0.262. The van der Waals surface area contributed by atoms with Crippen LogP contribution in [0.25, 0.3) is 0 Å². The number of halogens is 1. The van der Waals surface area contributed by atoms with E-state index in [0.29, 0.717) is 17.0 Å². The maximum atomic E-state index is 13.5. The molecule has 5 heteroatoms. The van der Waals surface area contributed by atoms with E-state index in [1.165, 1.54) is 17.8 Å². The van der Waals surface area contributed by atoms with Crippen molar-refractivity contribution in [2.75, 3.05) is 5.73 Å². The molecule has 0 saturated carbocycles. The molecule has 0 atom stereocenters. The van der Waals surface area contributed by atoms with Crippen molar-refractivity contribution in [1.29, 1.82) is 0 Å². The average molecular weight is 237 g/mol. The van der Waals surface area contributed by atoms with Gasteiger partial charge < -0.3 is 10.3 Å². The monoisotopic (exact) mass is 237 g/mol. The van der Waals surface area contributed by atoms with Gasteiger partial charge in [0.05, 0.1) is 0 Å². The first kappa shape index (κ1) is 11.0. The summed E-state index contributed by atoms with van der Waals surface area (Å²) in [5.41, 5.74) is 6.57. The average Bonchev–Trinajstić information content (AvgIpc) is 2.63. The molecule has 2 N–H and O–H groups in total. The fourth-order valence-electron chi connectivity index (χ4n) is 1.31. The maximum absolute atomic E-state index is 13.5. The Balaban J connectivity index is 2.08. The predicted octanol–water partition coefficient (Wildman–Crippen LogP) is 2.43. The molecular formula is C11H12FN3S. The van der Waals surface area contributed by atoms with Gasteiger partial charge in [0.2, 0.25) is 0 Å². The Morgan fingerprint density at radius 1 is 1.50 bits per heavy atom. The zero-order valence-electron chi connectivity index (χ0n) is 8.85. The van der Waals surface area contributed by atoms with Gasteiger partial charge in [0.1, 0.15) is 5.82 Å². The minimum Gasteiger partial charge on any atom is -0.399 e. The lowest BCUT2D eigenvalue weighted by molar-refractivity contribution is 0.618. The first-order valence-electron chi connectivity index (χ1n) is 4.81. The molecule has 0 aliphatic heterocycles. The molecule has 1 aromatic carbocycles. The van der Waals surface area contributed by atoms with Crippen LogP contribution in [0.3, 0.4) is 0 Å². The van der Waals surface area contributed by atoms with Gasteiger partial charge in [-0.3, -0.25) is 0 Å². The molecule has 0 saturated heterocycles. The van der Waals surface area contributed by atoms with E-state index >= 15 is 0 Å². The van der Waals surface area contributed by atoms with E-state index in [2.05, 4.69) is 4.98 Å². The van der Waals surface area contributed by atoms with Crippen LogP contribution in [-0.2, 0) is 12.8 Å². The van der Waals surface area contributed by atoms with Gasteiger partial charge in [0.15, 0.2) is 5.16 Å². The molecule has 0 bridgehead atoms. The number of nitrogens with zero attached hydrogens (tertiary/aromatic N) is 2.